The fourth-order valence-corrected chi connectivity index (χ4v) is 3.46. The Hall–Kier alpha value is -2.00. The molecule has 23 heavy (non-hydrogen) atoms. The summed E-state index contributed by atoms with van der Waals surface area (Å²) in [5.41, 5.74) is 0.205. The van der Waals surface area contributed by atoms with Gasteiger partial charge in [0.25, 0.3) is 5.91 Å². The van der Waals surface area contributed by atoms with Crippen LogP contribution in [-0.2, 0) is 4.79 Å². The van der Waals surface area contributed by atoms with Gasteiger partial charge < -0.3 is 4.90 Å². The van der Waals surface area contributed by atoms with Crippen molar-refractivity contribution in [1.29, 1.82) is 5.26 Å². The summed E-state index contributed by atoms with van der Waals surface area (Å²) in [7, 11) is 1.76. The van der Waals surface area contributed by atoms with Crippen molar-refractivity contribution in [3.63, 3.8) is 0 Å². The normalized spacial score (nSPS) is 19.9. The lowest BCUT2D eigenvalue weighted by Crippen LogP contribution is -2.34. The molecular formula is C17H21N3O2S. The second-order valence-electron chi connectivity index (χ2n) is 6.64. The zero-order valence-corrected chi connectivity index (χ0v) is 14.7. The monoisotopic (exact) mass is 331 g/mol. The summed E-state index contributed by atoms with van der Waals surface area (Å²) < 4.78 is 0. The van der Waals surface area contributed by atoms with Crippen molar-refractivity contribution in [3.05, 3.63) is 27.7 Å². The van der Waals surface area contributed by atoms with Gasteiger partial charge in [0.15, 0.2) is 5.78 Å². The lowest BCUT2D eigenvalue weighted by molar-refractivity contribution is -0.124. The predicted molar refractivity (Wildman–Crippen MR) is 89.0 cm³/mol. The number of carbonyl (C=O) groups is 2. The van der Waals surface area contributed by atoms with Crippen molar-refractivity contribution in [1.82, 2.24) is 9.88 Å². The van der Waals surface area contributed by atoms with E-state index in [4.69, 9.17) is 5.26 Å². The molecule has 0 bridgehead atoms. The number of aryl methyl sites for hydroxylation is 1. The summed E-state index contributed by atoms with van der Waals surface area (Å²) in [6.07, 6.45) is 3.20. The Morgan fingerprint density at radius 1 is 1.57 bits per heavy atom. The van der Waals surface area contributed by atoms with Crippen LogP contribution in [-0.4, -0.2) is 35.2 Å². The van der Waals surface area contributed by atoms with Crippen LogP contribution in [0.2, 0.25) is 0 Å². The molecule has 0 aromatic carbocycles. The number of hydrogen-bond acceptors (Lipinski definition) is 5. The highest BCUT2D eigenvalue weighted by Crippen LogP contribution is 2.36. The van der Waals surface area contributed by atoms with Crippen molar-refractivity contribution >= 4 is 23.0 Å². The molecule has 122 valence electrons. The molecule has 5 nitrogen and oxygen atoms in total. The molecule has 1 aliphatic rings. The van der Waals surface area contributed by atoms with Crippen LogP contribution in [0.25, 0.3) is 0 Å². The van der Waals surface area contributed by atoms with Crippen LogP contribution < -0.4 is 0 Å². The number of amides is 1. The van der Waals surface area contributed by atoms with Crippen molar-refractivity contribution in [2.24, 2.45) is 11.3 Å². The van der Waals surface area contributed by atoms with Gasteiger partial charge in [0.05, 0.1) is 10.6 Å². The Morgan fingerprint density at radius 3 is 2.83 bits per heavy atom. The number of nitrogens with zero attached hydrogens (tertiary/aromatic N) is 3. The Morgan fingerprint density at radius 2 is 2.26 bits per heavy atom. The fraction of sp³-hybridized carbons (Fsp3) is 0.529. The molecule has 6 heteroatoms. The summed E-state index contributed by atoms with van der Waals surface area (Å²) in [5.74, 6) is -0.0478. The van der Waals surface area contributed by atoms with Crippen LogP contribution >= 0.6 is 11.3 Å². The molecule has 1 amide bonds. The minimum Gasteiger partial charge on any atom is -0.340 e. The number of hydrogen-bond donors (Lipinski definition) is 0. The molecule has 1 aliphatic carbocycles. The number of rotatable bonds is 4. The van der Waals surface area contributed by atoms with Crippen LogP contribution in [0.4, 0.5) is 0 Å². The van der Waals surface area contributed by atoms with E-state index in [-0.39, 0.29) is 23.2 Å². The van der Waals surface area contributed by atoms with Gasteiger partial charge in [0, 0.05) is 24.4 Å². The van der Waals surface area contributed by atoms with Gasteiger partial charge in [-0.05, 0) is 25.7 Å². The standard InChI is InChI=1S/C17H21N3O2S/c1-11-19-14(10-23-11)16(22)20(4)6-5-12-7-13(9-18)15(21)17(2,3)8-12/h7,10,12H,5-6,8H2,1-4H3. The van der Waals surface area contributed by atoms with Gasteiger partial charge >= 0.3 is 0 Å². The van der Waals surface area contributed by atoms with Gasteiger partial charge in [-0.15, -0.1) is 11.3 Å². The van der Waals surface area contributed by atoms with Crippen molar-refractivity contribution in [2.45, 2.75) is 33.6 Å². The van der Waals surface area contributed by atoms with E-state index in [1.54, 1.807) is 23.4 Å². The number of aromatic nitrogens is 1. The van der Waals surface area contributed by atoms with Gasteiger partial charge in [-0.2, -0.15) is 5.26 Å². The van der Waals surface area contributed by atoms with E-state index >= 15 is 0 Å². The SMILES string of the molecule is Cc1nc(C(=O)N(C)CCC2C=C(C#N)C(=O)C(C)(C)C2)cs1. The maximum atomic E-state index is 12.3. The molecule has 0 spiro atoms. The molecule has 1 atom stereocenters. The fourth-order valence-electron chi connectivity index (χ4n) is 2.87. The van der Waals surface area contributed by atoms with Crippen LogP contribution in [0.5, 0.6) is 0 Å². The van der Waals surface area contributed by atoms with E-state index in [0.717, 1.165) is 11.4 Å². The summed E-state index contributed by atoms with van der Waals surface area (Å²) in [6, 6.07) is 2.00. The summed E-state index contributed by atoms with van der Waals surface area (Å²) >= 11 is 1.46. The number of Topliss-reactive ketones (excluding diaryl/α,β-unsaturated/α-hetero) is 1. The molecule has 0 aliphatic heterocycles. The third-order valence-electron chi connectivity index (χ3n) is 4.17. The predicted octanol–water partition coefficient (Wildman–Crippen LogP) is 2.98. The van der Waals surface area contributed by atoms with Gasteiger partial charge in [-0.1, -0.05) is 19.9 Å². The number of thiazole rings is 1. The average Bonchev–Trinajstić information content (AvgIpc) is 2.93. The lowest BCUT2D eigenvalue weighted by Gasteiger charge is -2.32. The van der Waals surface area contributed by atoms with Gasteiger partial charge in [-0.25, -0.2) is 4.98 Å². The first-order valence-electron chi connectivity index (χ1n) is 7.59. The highest BCUT2D eigenvalue weighted by atomic mass is 32.1. The van der Waals surface area contributed by atoms with Crippen molar-refractivity contribution in [3.8, 4) is 6.07 Å². The van der Waals surface area contributed by atoms with Crippen LogP contribution in [0.1, 0.15) is 42.2 Å². The number of allylic oxidation sites excluding steroid dienone is 2. The molecule has 0 N–H and O–H groups in total. The van der Waals surface area contributed by atoms with Crippen LogP contribution in [0.3, 0.4) is 0 Å². The van der Waals surface area contributed by atoms with Crippen LogP contribution in [0.15, 0.2) is 17.0 Å². The van der Waals surface area contributed by atoms with Gasteiger partial charge in [0.2, 0.25) is 0 Å². The molecule has 0 radical (unpaired) electrons. The number of nitriles is 1. The third kappa shape index (κ3) is 3.85. The Balaban J connectivity index is 2.00. The van der Waals surface area contributed by atoms with E-state index in [0.29, 0.717) is 18.7 Å². The van der Waals surface area contributed by atoms with Crippen molar-refractivity contribution in [2.75, 3.05) is 13.6 Å². The Bertz CT molecular complexity index is 697. The minimum atomic E-state index is -0.515. The highest BCUT2D eigenvalue weighted by Gasteiger charge is 2.36. The first kappa shape index (κ1) is 17.4. The molecule has 0 fully saturated rings. The topological polar surface area (TPSA) is 74.1 Å². The minimum absolute atomic E-state index is 0.0846. The first-order valence-corrected chi connectivity index (χ1v) is 8.47. The van der Waals surface area contributed by atoms with E-state index in [2.05, 4.69) is 4.98 Å². The van der Waals surface area contributed by atoms with Crippen LogP contribution in [0, 0.1) is 29.6 Å². The second-order valence-corrected chi connectivity index (χ2v) is 7.70. The van der Waals surface area contributed by atoms with E-state index in [9.17, 15) is 9.59 Å². The molecule has 1 aromatic heterocycles. The summed E-state index contributed by atoms with van der Waals surface area (Å²) in [5, 5.41) is 11.8. The number of carbonyl (C=O) groups excluding carboxylic acids is 2. The second kappa shape index (κ2) is 6.63. The Labute approximate surface area is 140 Å². The number of ketones is 1. The van der Waals surface area contributed by atoms with E-state index < -0.39 is 5.41 Å². The molecular weight excluding hydrogens is 310 g/mol. The molecule has 1 unspecified atom stereocenters. The average molecular weight is 331 g/mol. The van der Waals surface area contributed by atoms with Gasteiger partial charge in [-0.3, -0.25) is 9.59 Å². The zero-order valence-electron chi connectivity index (χ0n) is 13.9. The smallest absolute Gasteiger partial charge is 0.273 e. The Kier molecular flexibility index (Phi) is 5.00. The molecule has 1 aromatic rings. The lowest BCUT2D eigenvalue weighted by atomic mass is 9.71. The summed E-state index contributed by atoms with van der Waals surface area (Å²) in [6.45, 7) is 6.19. The summed E-state index contributed by atoms with van der Waals surface area (Å²) in [4.78, 5) is 30.2. The maximum Gasteiger partial charge on any atom is 0.273 e. The maximum absolute atomic E-state index is 12.3. The molecule has 0 saturated heterocycles. The van der Waals surface area contributed by atoms with E-state index in [1.807, 2.05) is 26.8 Å². The quantitative estimate of drug-likeness (QED) is 0.850. The molecule has 2 rings (SSSR count). The van der Waals surface area contributed by atoms with E-state index in [1.165, 1.54) is 11.3 Å². The highest BCUT2D eigenvalue weighted by molar-refractivity contribution is 7.09. The molecule has 0 saturated carbocycles. The van der Waals surface area contributed by atoms with Gasteiger partial charge in [0.1, 0.15) is 11.8 Å². The third-order valence-corrected chi connectivity index (χ3v) is 4.95. The largest absolute Gasteiger partial charge is 0.340 e. The first-order chi connectivity index (χ1) is 10.7. The zero-order chi connectivity index (χ0) is 17.2. The van der Waals surface area contributed by atoms with Crippen molar-refractivity contribution < 1.29 is 9.59 Å². The molecule has 1 heterocycles.